The average molecular weight is 556 g/mol. The van der Waals surface area contributed by atoms with Crippen LogP contribution < -0.4 is 10.0 Å². The van der Waals surface area contributed by atoms with Crippen LogP contribution in [0.4, 0.5) is 8.78 Å². The zero-order chi connectivity index (χ0) is 28.0. The smallest absolute Gasteiger partial charge is 0.238 e. The molecule has 2 aromatic rings. The molecule has 1 aliphatic rings. The lowest BCUT2D eigenvalue weighted by Crippen LogP contribution is -2.50. The predicted molar refractivity (Wildman–Crippen MR) is 141 cm³/mol. The van der Waals surface area contributed by atoms with E-state index in [1.807, 2.05) is 4.90 Å². The number of nitrogens with zero attached hydrogens (tertiary/aromatic N) is 2. The minimum absolute atomic E-state index is 0.102. The summed E-state index contributed by atoms with van der Waals surface area (Å²) < 4.78 is 55.3. The topological polar surface area (TPSA) is 127 Å². The molecule has 0 bridgehead atoms. The van der Waals surface area contributed by atoms with Gasteiger partial charge in [-0.15, -0.1) is 0 Å². The van der Waals surface area contributed by atoms with E-state index in [-0.39, 0.29) is 36.1 Å². The van der Waals surface area contributed by atoms with Crippen molar-refractivity contribution in [2.24, 2.45) is 5.92 Å². The summed E-state index contributed by atoms with van der Waals surface area (Å²) in [4.78, 5) is 22.4. The van der Waals surface area contributed by atoms with Gasteiger partial charge >= 0.3 is 0 Å². The molecular weight excluding hydrogens is 516 g/mol. The molecule has 1 aromatic carbocycles. The molecule has 4 atom stereocenters. The molecule has 212 valence electrons. The standard InChI is InChI=1S/C26H39F2N5O4S/c1-16(2)15-38(36,37)32-22(10-11-24(34)33-12-6-5-7-17(33)3)26(35)30-18(4)25-29-14-23(31-25)20-9-8-19(27)13-21(20)28/h8-9,13-14,16-18,22,24,32,34H,5-7,10-12,15H2,1-4H3,(H,29,31)(H,30,35)/t17-,18-,22-,24?/m0/s1. The van der Waals surface area contributed by atoms with Gasteiger partial charge in [0.25, 0.3) is 0 Å². The molecule has 38 heavy (non-hydrogen) atoms. The highest BCUT2D eigenvalue weighted by atomic mass is 32.2. The van der Waals surface area contributed by atoms with Gasteiger partial charge in [0.1, 0.15) is 29.7 Å². The van der Waals surface area contributed by atoms with E-state index in [2.05, 4.69) is 26.9 Å². The Balaban J connectivity index is 1.71. The zero-order valence-corrected chi connectivity index (χ0v) is 23.2. The summed E-state index contributed by atoms with van der Waals surface area (Å²) >= 11 is 0. The van der Waals surface area contributed by atoms with Gasteiger partial charge in [-0.1, -0.05) is 20.3 Å². The second kappa shape index (κ2) is 13.1. The first-order valence-corrected chi connectivity index (χ1v) is 14.8. The summed E-state index contributed by atoms with van der Waals surface area (Å²) in [6, 6.07) is 1.65. The predicted octanol–water partition coefficient (Wildman–Crippen LogP) is 3.45. The van der Waals surface area contributed by atoms with E-state index in [4.69, 9.17) is 0 Å². The van der Waals surface area contributed by atoms with E-state index in [0.29, 0.717) is 11.5 Å². The van der Waals surface area contributed by atoms with Crippen molar-refractivity contribution in [1.82, 2.24) is 24.9 Å². The molecule has 0 radical (unpaired) electrons. The van der Waals surface area contributed by atoms with E-state index in [9.17, 15) is 27.1 Å². The molecule has 9 nitrogen and oxygen atoms in total. The Labute approximate surface area is 223 Å². The summed E-state index contributed by atoms with van der Waals surface area (Å²) in [5, 5.41) is 13.5. The van der Waals surface area contributed by atoms with Crippen LogP contribution >= 0.6 is 0 Å². The van der Waals surface area contributed by atoms with Crippen molar-refractivity contribution in [3.05, 3.63) is 41.9 Å². The molecule has 0 aliphatic carbocycles. The van der Waals surface area contributed by atoms with Crippen LogP contribution in [0.3, 0.4) is 0 Å². The van der Waals surface area contributed by atoms with Crippen LogP contribution in [-0.4, -0.2) is 64.9 Å². The maximum absolute atomic E-state index is 14.2. The van der Waals surface area contributed by atoms with E-state index in [1.54, 1.807) is 20.8 Å². The second-order valence-electron chi connectivity index (χ2n) is 10.5. The number of aliphatic hydroxyl groups excluding tert-OH is 1. The van der Waals surface area contributed by atoms with Crippen LogP contribution in [0, 0.1) is 17.6 Å². The van der Waals surface area contributed by atoms with E-state index < -0.39 is 45.9 Å². The van der Waals surface area contributed by atoms with Gasteiger partial charge in [0.15, 0.2) is 0 Å². The maximum Gasteiger partial charge on any atom is 0.238 e. The van der Waals surface area contributed by atoms with Crippen LogP contribution in [0.25, 0.3) is 11.3 Å². The summed E-state index contributed by atoms with van der Waals surface area (Å²) in [7, 11) is -3.75. The quantitative estimate of drug-likeness (QED) is 0.318. The Morgan fingerprint density at radius 2 is 1.97 bits per heavy atom. The van der Waals surface area contributed by atoms with Gasteiger partial charge in [0.05, 0.1) is 23.7 Å². The van der Waals surface area contributed by atoms with Gasteiger partial charge < -0.3 is 15.4 Å². The van der Waals surface area contributed by atoms with Crippen molar-refractivity contribution < 1.29 is 27.1 Å². The fourth-order valence-corrected chi connectivity index (χ4v) is 6.41. The zero-order valence-electron chi connectivity index (χ0n) is 22.4. The second-order valence-corrected chi connectivity index (χ2v) is 12.3. The van der Waals surface area contributed by atoms with E-state index in [1.165, 1.54) is 12.3 Å². The van der Waals surface area contributed by atoms with Crippen LogP contribution in [0.5, 0.6) is 0 Å². The number of carbonyl (C=O) groups excluding carboxylic acids is 1. The van der Waals surface area contributed by atoms with Crippen molar-refractivity contribution in [2.75, 3.05) is 12.3 Å². The lowest BCUT2D eigenvalue weighted by atomic mass is 10.0. The molecule has 1 unspecified atom stereocenters. The molecule has 1 amide bonds. The summed E-state index contributed by atoms with van der Waals surface area (Å²) in [5.41, 5.74) is 0.440. The lowest BCUT2D eigenvalue weighted by molar-refractivity contribution is -0.124. The Morgan fingerprint density at radius 1 is 1.24 bits per heavy atom. The molecule has 1 aliphatic heterocycles. The maximum atomic E-state index is 14.2. The SMILES string of the molecule is CC(C)CS(=O)(=O)N[C@@H](CCC(O)N1CCCC[C@@H]1C)C(=O)N[C@@H](C)c1ncc(-c2ccc(F)cc2F)[nH]1. The Morgan fingerprint density at radius 3 is 2.63 bits per heavy atom. The number of carbonyl (C=O) groups is 1. The number of hydrogen-bond donors (Lipinski definition) is 4. The largest absolute Gasteiger partial charge is 0.378 e. The molecule has 1 fully saturated rings. The minimum atomic E-state index is -3.75. The number of hydrogen-bond acceptors (Lipinski definition) is 6. The number of aromatic amines is 1. The number of H-pyrrole nitrogens is 1. The number of piperidine rings is 1. The number of benzene rings is 1. The van der Waals surface area contributed by atoms with Crippen LogP contribution in [0.15, 0.2) is 24.4 Å². The van der Waals surface area contributed by atoms with Crippen molar-refractivity contribution >= 4 is 15.9 Å². The number of amides is 1. The number of likely N-dealkylation sites (tertiary alicyclic amines) is 1. The van der Waals surface area contributed by atoms with Gasteiger partial charge in [-0.25, -0.2) is 26.9 Å². The first-order valence-electron chi connectivity index (χ1n) is 13.1. The fraction of sp³-hybridized carbons (Fsp3) is 0.615. The third-order valence-corrected chi connectivity index (χ3v) is 8.48. The molecule has 0 saturated carbocycles. The molecule has 2 heterocycles. The number of rotatable bonds is 12. The van der Waals surface area contributed by atoms with Crippen LogP contribution in [0.2, 0.25) is 0 Å². The van der Waals surface area contributed by atoms with Crippen molar-refractivity contribution in [3.8, 4) is 11.3 Å². The third kappa shape index (κ3) is 8.29. The fourth-order valence-electron chi connectivity index (χ4n) is 4.78. The summed E-state index contributed by atoms with van der Waals surface area (Å²) in [6.07, 6.45) is 3.98. The average Bonchev–Trinajstić information content (AvgIpc) is 3.31. The number of halogens is 2. The van der Waals surface area contributed by atoms with Gasteiger partial charge in [0.2, 0.25) is 15.9 Å². The first kappa shape index (κ1) is 30.1. The van der Waals surface area contributed by atoms with Crippen molar-refractivity contribution in [2.45, 2.75) is 84.2 Å². The number of imidazole rings is 1. The lowest BCUT2D eigenvalue weighted by Gasteiger charge is -2.37. The Hall–Kier alpha value is -2.41. The molecule has 1 aromatic heterocycles. The van der Waals surface area contributed by atoms with Gasteiger partial charge in [-0.3, -0.25) is 9.69 Å². The molecular formula is C26H39F2N5O4S. The van der Waals surface area contributed by atoms with E-state index >= 15 is 0 Å². The Kier molecular flexibility index (Phi) is 10.4. The molecule has 0 spiro atoms. The first-order chi connectivity index (χ1) is 17.9. The van der Waals surface area contributed by atoms with Crippen molar-refractivity contribution in [3.63, 3.8) is 0 Å². The third-order valence-electron chi connectivity index (χ3n) is 6.73. The van der Waals surface area contributed by atoms with Crippen molar-refractivity contribution in [1.29, 1.82) is 0 Å². The van der Waals surface area contributed by atoms with Crippen LogP contribution in [-0.2, 0) is 14.8 Å². The summed E-state index contributed by atoms with van der Waals surface area (Å²) in [5.74, 6) is -1.96. The Bertz CT molecular complexity index is 1190. The molecule has 12 heteroatoms. The molecule has 4 N–H and O–H groups in total. The van der Waals surface area contributed by atoms with E-state index in [0.717, 1.165) is 37.9 Å². The van der Waals surface area contributed by atoms with Gasteiger partial charge in [0, 0.05) is 24.2 Å². The highest BCUT2D eigenvalue weighted by Gasteiger charge is 2.30. The highest BCUT2D eigenvalue weighted by Crippen LogP contribution is 2.24. The van der Waals surface area contributed by atoms with Crippen LogP contribution in [0.1, 0.15) is 71.7 Å². The number of aliphatic hydroxyl groups is 1. The monoisotopic (exact) mass is 555 g/mol. The molecule has 3 rings (SSSR count). The normalized spacial score (nSPS) is 19.3. The highest BCUT2D eigenvalue weighted by molar-refractivity contribution is 7.89. The minimum Gasteiger partial charge on any atom is -0.378 e. The number of sulfonamides is 1. The molecule has 1 saturated heterocycles. The number of nitrogens with one attached hydrogen (secondary N) is 3. The van der Waals surface area contributed by atoms with Gasteiger partial charge in [-0.05, 0) is 57.6 Å². The summed E-state index contributed by atoms with van der Waals surface area (Å²) in [6.45, 7) is 8.01. The van der Waals surface area contributed by atoms with Gasteiger partial charge in [-0.2, -0.15) is 0 Å². The number of aromatic nitrogens is 2.